The maximum absolute atomic E-state index is 4.17. The first-order chi connectivity index (χ1) is 9.38. The molecule has 19 heavy (non-hydrogen) atoms. The van der Waals surface area contributed by atoms with E-state index in [1.165, 1.54) is 22.6 Å². The Morgan fingerprint density at radius 2 is 2.32 bits per heavy atom. The molecule has 1 aromatic carbocycles. The molecule has 0 bridgehead atoms. The number of hydrogen-bond acceptors (Lipinski definition) is 4. The number of hydrogen-bond donors (Lipinski definition) is 1. The first-order valence-electron chi connectivity index (χ1n) is 6.70. The summed E-state index contributed by atoms with van der Waals surface area (Å²) in [5.41, 5.74) is 1.42. The molecule has 1 unspecified atom stereocenters. The largest absolute Gasteiger partial charge is 0.317 e. The van der Waals surface area contributed by atoms with Crippen molar-refractivity contribution >= 4 is 11.8 Å². The lowest BCUT2D eigenvalue weighted by molar-refractivity contribution is 0.489. The van der Waals surface area contributed by atoms with E-state index >= 15 is 0 Å². The summed E-state index contributed by atoms with van der Waals surface area (Å²) < 4.78 is 2.08. The summed E-state index contributed by atoms with van der Waals surface area (Å²) in [4.78, 5) is 1.41. The molecular formula is C14H18N4S. The van der Waals surface area contributed by atoms with Gasteiger partial charge in [-0.2, -0.15) is 0 Å². The van der Waals surface area contributed by atoms with E-state index in [1.807, 2.05) is 11.8 Å². The fraction of sp³-hybridized carbons (Fsp3) is 0.429. The molecule has 0 radical (unpaired) electrons. The molecule has 1 aliphatic rings. The highest BCUT2D eigenvalue weighted by atomic mass is 32.2. The zero-order valence-corrected chi connectivity index (χ0v) is 11.9. The van der Waals surface area contributed by atoms with Crippen LogP contribution in [0.2, 0.25) is 0 Å². The molecule has 0 saturated carbocycles. The molecule has 0 amide bonds. The fourth-order valence-electron chi connectivity index (χ4n) is 2.45. The Balaban J connectivity index is 1.71. The van der Waals surface area contributed by atoms with Gasteiger partial charge in [-0.3, -0.25) is 0 Å². The molecule has 0 spiro atoms. The summed E-state index contributed by atoms with van der Waals surface area (Å²) in [6.07, 6.45) is 2.96. The smallest absolute Gasteiger partial charge is 0.146 e. The van der Waals surface area contributed by atoms with Gasteiger partial charge in [-0.1, -0.05) is 18.2 Å². The Labute approximate surface area is 117 Å². The van der Waals surface area contributed by atoms with E-state index in [0.717, 1.165) is 18.9 Å². The number of benzene rings is 1. The SMILES string of the molecule is CCn1cnnc1CNC1CCSc2ccccc21. The van der Waals surface area contributed by atoms with Gasteiger partial charge >= 0.3 is 0 Å². The molecule has 5 heteroatoms. The molecule has 2 aromatic rings. The van der Waals surface area contributed by atoms with Gasteiger partial charge in [0.15, 0.2) is 0 Å². The van der Waals surface area contributed by atoms with Crippen molar-refractivity contribution in [1.29, 1.82) is 0 Å². The van der Waals surface area contributed by atoms with Crippen LogP contribution in [-0.4, -0.2) is 20.5 Å². The Kier molecular flexibility index (Phi) is 3.84. The molecule has 0 aliphatic carbocycles. The lowest BCUT2D eigenvalue weighted by atomic mass is 10.0. The number of nitrogens with zero attached hydrogens (tertiary/aromatic N) is 3. The minimum absolute atomic E-state index is 0.430. The molecule has 100 valence electrons. The Morgan fingerprint density at radius 1 is 1.42 bits per heavy atom. The molecule has 4 nitrogen and oxygen atoms in total. The second kappa shape index (κ2) is 5.75. The Morgan fingerprint density at radius 3 is 3.21 bits per heavy atom. The first-order valence-corrected chi connectivity index (χ1v) is 7.69. The van der Waals surface area contributed by atoms with E-state index < -0.39 is 0 Å². The third kappa shape index (κ3) is 2.67. The molecule has 1 N–H and O–H groups in total. The number of nitrogens with one attached hydrogen (secondary N) is 1. The Bertz CT molecular complexity index is 552. The maximum atomic E-state index is 4.17. The summed E-state index contributed by atoms with van der Waals surface area (Å²) in [6.45, 7) is 3.80. The molecular weight excluding hydrogens is 256 g/mol. The average molecular weight is 274 g/mol. The van der Waals surface area contributed by atoms with Gasteiger partial charge in [0.05, 0.1) is 6.54 Å². The lowest BCUT2D eigenvalue weighted by Gasteiger charge is -2.25. The van der Waals surface area contributed by atoms with E-state index in [2.05, 4.69) is 51.3 Å². The van der Waals surface area contributed by atoms with Crippen molar-refractivity contribution in [1.82, 2.24) is 20.1 Å². The van der Waals surface area contributed by atoms with Crippen LogP contribution >= 0.6 is 11.8 Å². The predicted octanol–water partition coefficient (Wildman–Crippen LogP) is 2.62. The minimum Gasteiger partial charge on any atom is -0.317 e. The van der Waals surface area contributed by atoms with Crippen LogP contribution < -0.4 is 5.32 Å². The van der Waals surface area contributed by atoms with E-state index in [0.29, 0.717) is 6.04 Å². The average Bonchev–Trinajstić information content (AvgIpc) is 2.92. The van der Waals surface area contributed by atoms with E-state index in [4.69, 9.17) is 0 Å². The van der Waals surface area contributed by atoms with Crippen molar-refractivity contribution in [2.45, 2.75) is 37.4 Å². The molecule has 2 heterocycles. The topological polar surface area (TPSA) is 42.7 Å². The van der Waals surface area contributed by atoms with Crippen molar-refractivity contribution in [3.05, 3.63) is 42.0 Å². The fourth-order valence-corrected chi connectivity index (χ4v) is 3.57. The van der Waals surface area contributed by atoms with E-state index in [-0.39, 0.29) is 0 Å². The van der Waals surface area contributed by atoms with E-state index in [9.17, 15) is 0 Å². The third-order valence-corrected chi connectivity index (χ3v) is 4.62. The number of aromatic nitrogens is 3. The predicted molar refractivity (Wildman–Crippen MR) is 77.1 cm³/mol. The first kappa shape index (κ1) is 12.7. The normalized spacial score (nSPS) is 18.3. The van der Waals surface area contributed by atoms with E-state index in [1.54, 1.807) is 6.33 Å². The van der Waals surface area contributed by atoms with Gasteiger partial charge in [-0.05, 0) is 30.7 Å². The number of aryl methyl sites for hydroxylation is 1. The van der Waals surface area contributed by atoms with Crippen LogP contribution in [0.5, 0.6) is 0 Å². The van der Waals surface area contributed by atoms with Crippen LogP contribution in [-0.2, 0) is 13.1 Å². The quantitative estimate of drug-likeness (QED) is 0.930. The summed E-state index contributed by atoms with van der Waals surface area (Å²) in [5.74, 6) is 2.19. The van der Waals surface area contributed by atoms with Gasteiger partial charge in [-0.25, -0.2) is 0 Å². The molecule has 0 fully saturated rings. The minimum atomic E-state index is 0.430. The van der Waals surface area contributed by atoms with Gasteiger partial charge < -0.3 is 9.88 Å². The molecule has 1 aromatic heterocycles. The summed E-state index contributed by atoms with van der Waals surface area (Å²) in [5, 5.41) is 11.8. The van der Waals surface area contributed by atoms with Crippen molar-refractivity contribution < 1.29 is 0 Å². The standard InChI is InChI=1S/C14H18N4S/c1-2-18-10-16-17-14(18)9-15-12-7-8-19-13-6-4-3-5-11(12)13/h3-6,10,12,15H,2,7-9H2,1H3. The van der Waals surface area contributed by atoms with Gasteiger partial charge in [-0.15, -0.1) is 22.0 Å². The van der Waals surface area contributed by atoms with Crippen molar-refractivity contribution in [2.75, 3.05) is 5.75 Å². The Hall–Kier alpha value is -1.33. The number of rotatable bonds is 4. The molecule has 1 atom stereocenters. The van der Waals surface area contributed by atoms with Crippen LogP contribution in [0.1, 0.15) is 30.8 Å². The van der Waals surface area contributed by atoms with Crippen molar-refractivity contribution in [3.8, 4) is 0 Å². The lowest BCUT2D eigenvalue weighted by Crippen LogP contribution is -2.25. The van der Waals surface area contributed by atoms with Crippen molar-refractivity contribution in [3.63, 3.8) is 0 Å². The van der Waals surface area contributed by atoms with Gasteiger partial charge in [0.25, 0.3) is 0 Å². The molecule has 3 rings (SSSR count). The highest BCUT2D eigenvalue weighted by Gasteiger charge is 2.20. The highest BCUT2D eigenvalue weighted by molar-refractivity contribution is 7.99. The zero-order valence-electron chi connectivity index (χ0n) is 11.0. The second-order valence-corrected chi connectivity index (χ2v) is 5.78. The second-order valence-electron chi connectivity index (χ2n) is 4.64. The number of fused-ring (bicyclic) bond motifs is 1. The summed E-state index contributed by atoms with van der Waals surface area (Å²) in [6, 6.07) is 9.10. The van der Waals surface area contributed by atoms with Crippen LogP contribution in [0, 0.1) is 0 Å². The summed E-state index contributed by atoms with van der Waals surface area (Å²) >= 11 is 1.95. The van der Waals surface area contributed by atoms with Crippen LogP contribution in [0.4, 0.5) is 0 Å². The monoisotopic (exact) mass is 274 g/mol. The van der Waals surface area contributed by atoms with Crippen LogP contribution in [0.15, 0.2) is 35.5 Å². The summed E-state index contributed by atoms with van der Waals surface area (Å²) in [7, 11) is 0. The van der Waals surface area contributed by atoms with Gasteiger partial charge in [0.2, 0.25) is 0 Å². The third-order valence-electron chi connectivity index (χ3n) is 3.50. The van der Waals surface area contributed by atoms with Crippen LogP contribution in [0.25, 0.3) is 0 Å². The van der Waals surface area contributed by atoms with Crippen molar-refractivity contribution in [2.24, 2.45) is 0 Å². The van der Waals surface area contributed by atoms with Gasteiger partial charge in [0.1, 0.15) is 12.2 Å². The van der Waals surface area contributed by atoms with Gasteiger partial charge in [0, 0.05) is 17.5 Å². The molecule has 0 saturated heterocycles. The van der Waals surface area contributed by atoms with Crippen LogP contribution in [0.3, 0.4) is 0 Å². The number of thioether (sulfide) groups is 1. The highest BCUT2D eigenvalue weighted by Crippen LogP contribution is 2.35. The maximum Gasteiger partial charge on any atom is 0.146 e. The zero-order chi connectivity index (χ0) is 13.1. The molecule has 1 aliphatic heterocycles.